The van der Waals surface area contributed by atoms with Crippen LogP contribution < -0.4 is 9.80 Å². The number of benzene rings is 12. The lowest BCUT2D eigenvalue weighted by Gasteiger charge is -2.32. The number of rotatable bonds is 7. The highest BCUT2D eigenvalue weighted by Crippen LogP contribution is 2.53. The van der Waals surface area contributed by atoms with Gasteiger partial charge in [-0.2, -0.15) is 0 Å². The van der Waals surface area contributed by atoms with Crippen LogP contribution in [0.25, 0.3) is 82.8 Å². The first-order valence-electron chi connectivity index (χ1n) is 25.5. The predicted octanol–water partition coefficient (Wildman–Crippen LogP) is 20.5. The third-order valence-corrected chi connectivity index (χ3v) is 17.2. The van der Waals surface area contributed by atoms with Gasteiger partial charge in [0, 0.05) is 47.4 Å². The van der Waals surface area contributed by atoms with Gasteiger partial charge < -0.3 is 14.4 Å². The Balaban J connectivity index is 0.753. The molecule has 0 aliphatic carbocycles. The fraction of sp³-hybridized carbons (Fsp3) is 0. The second-order valence-electron chi connectivity index (χ2n) is 19.3. The van der Waals surface area contributed by atoms with Gasteiger partial charge in [0.1, 0.15) is 0 Å². The third kappa shape index (κ3) is 7.54. The maximum atomic E-state index is 2.43. The molecule has 0 unspecified atom stereocenters. The molecule has 0 saturated carbocycles. The van der Waals surface area contributed by atoms with Crippen LogP contribution in [0, 0.1) is 0 Å². The Morgan fingerprint density at radius 1 is 0.227 bits per heavy atom. The van der Waals surface area contributed by atoms with E-state index >= 15 is 0 Å². The molecule has 5 heteroatoms. The van der Waals surface area contributed by atoms with Crippen LogP contribution in [0.2, 0.25) is 0 Å². The van der Waals surface area contributed by atoms with E-state index in [9.17, 15) is 0 Å². The van der Waals surface area contributed by atoms with E-state index in [0.717, 1.165) is 17.1 Å². The molecule has 0 atom stereocenters. The average Bonchev–Trinajstić information content (AvgIpc) is 3.81. The molecule has 12 aromatic carbocycles. The van der Waals surface area contributed by atoms with Crippen LogP contribution in [-0.2, 0) is 0 Å². The van der Waals surface area contributed by atoms with E-state index in [2.05, 4.69) is 287 Å². The number of anilines is 6. The molecule has 3 nitrogen and oxygen atoms in total. The molecule has 352 valence electrons. The number of hydrogen-bond donors (Lipinski definition) is 0. The molecule has 0 fully saturated rings. The highest BCUT2D eigenvalue weighted by atomic mass is 32.2. The van der Waals surface area contributed by atoms with Gasteiger partial charge in [-0.1, -0.05) is 187 Å². The summed E-state index contributed by atoms with van der Waals surface area (Å²) in [5.41, 5.74) is 20.2. The van der Waals surface area contributed by atoms with E-state index in [1.807, 2.05) is 23.5 Å². The summed E-state index contributed by atoms with van der Waals surface area (Å²) in [4.78, 5) is 9.83. The number of aromatic nitrogens is 1. The number of nitrogens with zero attached hydrogens (tertiary/aromatic N) is 3. The highest BCUT2D eigenvalue weighted by molar-refractivity contribution is 8.00. The van der Waals surface area contributed by atoms with Crippen LogP contribution in [0.4, 0.5) is 34.1 Å². The minimum absolute atomic E-state index is 1.15. The first-order chi connectivity index (χ1) is 37.1. The minimum atomic E-state index is 1.15. The van der Waals surface area contributed by atoms with Crippen LogP contribution in [-0.4, -0.2) is 4.57 Å². The molecular formula is C70H45N3S2. The van der Waals surface area contributed by atoms with Gasteiger partial charge in [-0.05, 0) is 164 Å². The summed E-state index contributed by atoms with van der Waals surface area (Å²) in [5.74, 6) is 0. The van der Waals surface area contributed by atoms with E-state index in [-0.39, 0.29) is 0 Å². The van der Waals surface area contributed by atoms with Gasteiger partial charge in [-0.25, -0.2) is 0 Å². The summed E-state index contributed by atoms with van der Waals surface area (Å²) in [5, 5.41) is 4.92. The summed E-state index contributed by atoms with van der Waals surface area (Å²) in [6, 6.07) is 100. The van der Waals surface area contributed by atoms with Crippen LogP contribution >= 0.6 is 23.5 Å². The van der Waals surface area contributed by atoms with E-state index in [1.165, 1.54) is 119 Å². The second kappa shape index (κ2) is 17.9. The molecule has 0 radical (unpaired) electrons. The molecule has 0 amide bonds. The highest BCUT2D eigenvalue weighted by Gasteiger charge is 2.26. The Labute approximate surface area is 444 Å². The summed E-state index contributed by atoms with van der Waals surface area (Å²) in [7, 11) is 0. The molecular weight excluding hydrogens is 947 g/mol. The lowest BCUT2D eigenvalue weighted by Crippen LogP contribution is -2.14. The zero-order chi connectivity index (χ0) is 49.4. The average molecular weight is 992 g/mol. The fourth-order valence-electron chi connectivity index (χ4n) is 11.3. The van der Waals surface area contributed by atoms with Gasteiger partial charge in [-0.15, -0.1) is 0 Å². The second-order valence-corrected chi connectivity index (χ2v) is 21.5. The Hall–Kier alpha value is -9.00. The van der Waals surface area contributed by atoms with E-state index in [0.29, 0.717) is 0 Å². The summed E-state index contributed by atoms with van der Waals surface area (Å²) >= 11 is 3.67. The molecule has 75 heavy (non-hydrogen) atoms. The van der Waals surface area contributed by atoms with Crippen molar-refractivity contribution in [2.45, 2.75) is 19.6 Å². The van der Waals surface area contributed by atoms with Crippen molar-refractivity contribution in [3.05, 3.63) is 273 Å². The Bertz CT molecular complexity index is 4020. The summed E-state index contributed by atoms with van der Waals surface area (Å²) in [6.45, 7) is 0. The zero-order valence-electron chi connectivity index (χ0n) is 40.6. The standard InChI is InChI=1S/C70H45N3S2/c1-2-12-53-43-58(40-33-46(53)11-1)73-61-41-34-54(51-25-21-47(22-26-51)49-29-36-56(37-30-49)71-63-13-3-7-17-67(63)74-68-18-8-4-14-64(68)71)44-59(61)60-45-55(35-42-62(60)73)52-27-23-48(24-28-52)50-31-38-57(39-32-50)72-65-15-5-9-19-69(65)75-70-20-10-6-16-66(70)72/h1-45H. The molecule has 0 bridgehead atoms. The molecule has 0 saturated heterocycles. The number of hydrogen-bond acceptors (Lipinski definition) is 4. The Kier molecular flexibility index (Phi) is 10.4. The van der Waals surface area contributed by atoms with Gasteiger partial charge >= 0.3 is 0 Å². The van der Waals surface area contributed by atoms with Crippen LogP contribution in [0.1, 0.15) is 0 Å². The third-order valence-electron chi connectivity index (χ3n) is 15.0. The maximum Gasteiger partial charge on any atom is 0.0601 e. The van der Waals surface area contributed by atoms with Gasteiger partial charge in [0.15, 0.2) is 0 Å². The number of para-hydroxylation sites is 4. The Morgan fingerprint density at radius 2 is 0.533 bits per heavy atom. The van der Waals surface area contributed by atoms with Crippen LogP contribution in [0.15, 0.2) is 293 Å². The molecule has 0 spiro atoms. The smallest absolute Gasteiger partial charge is 0.0601 e. The van der Waals surface area contributed by atoms with E-state index in [1.54, 1.807) is 0 Å². The Morgan fingerprint density at radius 3 is 0.933 bits per heavy atom. The van der Waals surface area contributed by atoms with Crippen LogP contribution in [0.5, 0.6) is 0 Å². The van der Waals surface area contributed by atoms with Crippen molar-refractivity contribution in [1.29, 1.82) is 0 Å². The van der Waals surface area contributed by atoms with E-state index in [4.69, 9.17) is 0 Å². The van der Waals surface area contributed by atoms with E-state index < -0.39 is 0 Å². The van der Waals surface area contributed by atoms with Crippen molar-refractivity contribution < 1.29 is 0 Å². The van der Waals surface area contributed by atoms with Crippen molar-refractivity contribution in [1.82, 2.24) is 4.57 Å². The van der Waals surface area contributed by atoms with Gasteiger partial charge in [0.2, 0.25) is 0 Å². The van der Waals surface area contributed by atoms with Gasteiger partial charge in [0.05, 0.1) is 33.8 Å². The molecule has 13 aromatic rings. The number of fused-ring (bicyclic) bond motifs is 8. The van der Waals surface area contributed by atoms with Gasteiger partial charge in [-0.3, -0.25) is 0 Å². The van der Waals surface area contributed by atoms with Crippen molar-refractivity contribution in [2.24, 2.45) is 0 Å². The minimum Gasteiger partial charge on any atom is -0.309 e. The fourth-order valence-corrected chi connectivity index (χ4v) is 13.4. The van der Waals surface area contributed by atoms with Crippen molar-refractivity contribution in [2.75, 3.05) is 9.80 Å². The lowest BCUT2D eigenvalue weighted by atomic mass is 9.97. The molecule has 2 aliphatic heterocycles. The van der Waals surface area contributed by atoms with Crippen molar-refractivity contribution >= 4 is 90.2 Å². The molecule has 15 rings (SSSR count). The first kappa shape index (κ1) is 43.6. The SMILES string of the molecule is c1ccc2c(c1)Sc1ccccc1N2c1ccc(-c2ccc(-c3ccc4c(c3)c3cc(-c5ccc(-c6ccc(N7c8ccccc8Sc8ccccc87)cc6)cc5)ccc3n4-c3ccc4ccccc4c3)cc2)cc1. The first-order valence-corrected chi connectivity index (χ1v) is 27.1. The lowest BCUT2D eigenvalue weighted by molar-refractivity contribution is 1.17. The maximum absolute atomic E-state index is 2.43. The largest absolute Gasteiger partial charge is 0.309 e. The summed E-state index contributed by atoms with van der Waals surface area (Å²) in [6.07, 6.45) is 0. The molecule has 0 N–H and O–H groups in total. The van der Waals surface area contributed by atoms with Crippen molar-refractivity contribution in [3.63, 3.8) is 0 Å². The monoisotopic (exact) mass is 991 g/mol. The van der Waals surface area contributed by atoms with Crippen LogP contribution in [0.3, 0.4) is 0 Å². The zero-order valence-corrected chi connectivity index (χ0v) is 42.3. The van der Waals surface area contributed by atoms with Crippen molar-refractivity contribution in [3.8, 4) is 50.2 Å². The quantitative estimate of drug-likeness (QED) is 0.158. The topological polar surface area (TPSA) is 11.4 Å². The molecule has 3 heterocycles. The predicted molar refractivity (Wildman–Crippen MR) is 318 cm³/mol. The normalized spacial score (nSPS) is 12.6. The van der Waals surface area contributed by atoms with Gasteiger partial charge in [0.25, 0.3) is 0 Å². The molecule has 2 aliphatic rings. The summed E-state index contributed by atoms with van der Waals surface area (Å²) < 4.78 is 2.43. The molecule has 1 aromatic heterocycles.